The molecule has 1 aromatic carbocycles. The molecule has 0 saturated carbocycles. The van der Waals surface area contributed by atoms with Gasteiger partial charge in [-0.3, -0.25) is 4.79 Å². The number of hydrogen-bond donors (Lipinski definition) is 1. The fraction of sp³-hybridized carbons (Fsp3) is 0.462. The topological polar surface area (TPSA) is 29.1 Å². The second-order valence-corrected chi connectivity index (χ2v) is 4.34. The van der Waals surface area contributed by atoms with Crippen molar-refractivity contribution >= 4 is 11.6 Å². The van der Waals surface area contributed by atoms with Gasteiger partial charge >= 0.3 is 6.18 Å². The van der Waals surface area contributed by atoms with Crippen LogP contribution < -0.4 is 5.32 Å². The zero-order valence-electron chi connectivity index (χ0n) is 10.6. The van der Waals surface area contributed by atoms with Crippen LogP contribution in [0.3, 0.4) is 0 Å². The Bertz CT molecular complexity index is 432. The summed E-state index contributed by atoms with van der Waals surface area (Å²) >= 11 is 0. The highest BCUT2D eigenvalue weighted by Crippen LogP contribution is 2.42. The number of anilines is 1. The van der Waals surface area contributed by atoms with Crippen molar-refractivity contribution in [1.29, 1.82) is 0 Å². The van der Waals surface area contributed by atoms with Gasteiger partial charge in [0, 0.05) is 11.6 Å². The summed E-state index contributed by atoms with van der Waals surface area (Å²) in [7, 11) is 0. The van der Waals surface area contributed by atoms with Gasteiger partial charge in [-0.2, -0.15) is 13.2 Å². The lowest BCUT2D eigenvalue weighted by molar-refractivity contribution is -0.238. The van der Waals surface area contributed by atoms with Crippen molar-refractivity contribution in [3.8, 4) is 0 Å². The molecule has 0 bridgehead atoms. The molecule has 2 atom stereocenters. The van der Waals surface area contributed by atoms with Crippen molar-refractivity contribution in [2.75, 3.05) is 5.32 Å². The van der Waals surface area contributed by atoms with E-state index < -0.39 is 23.7 Å². The smallest absolute Gasteiger partial charge is 0.323 e. The predicted molar refractivity (Wildman–Crippen MR) is 64.4 cm³/mol. The molecule has 0 heterocycles. The van der Waals surface area contributed by atoms with Gasteiger partial charge in [0.25, 0.3) is 11.6 Å². The fourth-order valence-corrected chi connectivity index (χ4v) is 1.66. The number of alkyl halides is 4. The van der Waals surface area contributed by atoms with Crippen molar-refractivity contribution in [3.63, 3.8) is 0 Å². The monoisotopic (exact) mass is 277 g/mol. The van der Waals surface area contributed by atoms with E-state index in [2.05, 4.69) is 0 Å². The van der Waals surface area contributed by atoms with Gasteiger partial charge in [-0.05, 0) is 18.6 Å². The molecule has 0 aliphatic heterocycles. The molecule has 0 radical (unpaired) electrons. The molecule has 1 amide bonds. The first-order chi connectivity index (χ1) is 8.73. The molecular weight excluding hydrogens is 262 g/mol. The molecule has 2 nitrogen and oxygen atoms in total. The first-order valence-electron chi connectivity index (χ1n) is 5.85. The van der Waals surface area contributed by atoms with Gasteiger partial charge in [-0.1, -0.05) is 32.0 Å². The minimum absolute atomic E-state index is 0.0990. The third kappa shape index (κ3) is 3.05. The minimum atomic E-state index is -5.25. The lowest BCUT2D eigenvalue weighted by Gasteiger charge is -2.31. The van der Waals surface area contributed by atoms with Crippen molar-refractivity contribution in [2.45, 2.75) is 32.1 Å². The summed E-state index contributed by atoms with van der Waals surface area (Å²) < 4.78 is 52.8. The van der Waals surface area contributed by atoms with E-state index >= 15 is 0 Å². The SMILES string of the molecule is CCC(C)C(F)(C(=O)Nc1ccccc1)C(F)(F)F. The number of carbonyl (C=O) groups excluding carboxylic acids is 1. The predicted octanol–water partition coefficient (Wildman–Crippen LogP) is 3.94. The second kappa shape index (κ2) is 5.59. The number of nitrogens with one attached hydrogen (secondary N) is 1. The summed E-state index contributed by atoms with van der Waals surface area (Å²) in [5, 5.41) is 1.97. The van der Waals surface area contributed by atoms with Crippen molar-refractivity contribution in [2.24, 2.45) is 5.92 Å². The Hall–Kier alpha value is -1.59. The Morgan fingerprint density at radius 2 is 1.74 bits per heavy atom. The largest absolute Gasteiger partial charge is 0.431 e. The number of halogens is 4. The lowest BCUT2D eigenvalue weighted by atomic mass is 9.87. The van der Waals surface area contributed by atoms with Crippen molar-refractivity contribution in [3.05, 3.63) is 30.3 Å². The standard InChI is InChI=1S/C13H15F4NO/c1-3-9(2)12(14,13(15,16)17)11(19)18-10-7-5-4-6-8-10/h4-9H,3H2,1-2H3,(H,18,19). The Labute approximate surface area is 108 Å². The van der Waals surface area contributed by atoms with Crippen LogP contribution >= 0.6 is 0 Å². The molecule has 0 saturated heterocycles. The Morgan fingerprint density at radius 3 is 2.16 bits per heavy atom. The minimum Gasteiger partial charge on any atom is -0.323 e. The number of amides is 1. The second-order valence-electron chi connectivity index (χ2n) is 4.34. The third-order valence-corrected chi connectivity index (χ3v) is 3.07. The van der Waals surface area contributed by atoms with Gasteiger partial charge < -0.3 is 5.32 Å². The summed E-state index contributed by atoms with van der Waals surface area (Å²) in [5.74, 6) is -3.14. The molecule has 2 unspecified atom stereocenters. The molecule has 1 aromatic rings. The molecule has 0 fully saturated rings. The van der Waals surface area contributed by atoms with Gasteiger partial charge in [0.05, 0.1) is 0 Å². The van der Waals surface area contributed by atoms with Crippen LogP contribution in [0.15, 0.2) is 30.3 Å². The third-order valence-electron chi connectivity index (χ3n) is 3.07. The Kier molecular flexibility index (Phi) is 4.55. The first kappa shape index (κ1) is 15.5. The van der Waals surface area contributed by atoms with Crippen molar-refractivity contribution < 1.29 is 22.4 Å². The highest BCUT2D eigenvalue weighted by molar-refractivity contribution is 5.98. The van der Waals surface area contributed by atoms with Crippen LogP contribution in [-0.2, 0) is 4.79 Å². The quantitative estimate of drug-likeness (QED) is 0.830. The van der Waals surface area contributed by atoms with E-state index in [0.29, 0.717) is 0 Å². The van der Waals surface area contributed by atoms with Gasteiger partial charge in [0.1, 0.15) is 0 Å². The first-order valence-corrected chi connectivity index (χ1v) is 5.85. The number of carbonyl (C=O) groups is 1. The van der Waals surface area contributed by atoms with E-state index in [4.69, 9.17) is 0 Å². The summed E-state index contributed by atoms with van der Waals surface area (Å²) in [6.45, 7) is 2.47. The molecule has 0 aliphatic rings. The normalized spacial score (nSPS) is 16.5. The molecule has 1 N–H and O–H groups in total. The van der Waals surface area contributed by atoms with Crippen LogP contribution in [0.2, 0.25) is 0 Å². The fourth-order valence-electron chi connectivity index (χ4n) is 1.66. The van der Waals surface area contributed by atoms with E-state index in [0.717, 1.165) is 6.92 Å². The average molecular weight is 277 g/mol. The molecular formula is C13H15F4NO. The van der Waals surface area contributed by atoms with Gasteiger partial charge in [0.15, 0.2) is 0 Å². The van der Waals surface area contributed by atoms with Crippen LogP contribution in [0.4, 0.5) is 23.2 Å². The maximum atomic E-state index is 14.2. The summed E-state index contributed by atoms with van der Waals surface area (Å²) in [5.41, 5.74) is -3.76. The molecule has 1 rings (SSSR count). The van der Waals surface area contributed by atoms with Gasteiger partial charge in [0.2, 0.25) is 0 Å². The maximum absolute atomic E-state index is 14.2. The van der Waals surface area contributed by atoms with Crippen molar-refractivity contribution in [1.82, 2.24) is 0 Å². The number of para-hydroxylation sites is 1. The highest BCUT2D eigenvalue weighted by Gasteiger charge is 2.64. The van der Waals surface area contributed by atoms with E-state index in [1.165, 1.54) is 31.2 Å². The molecule has 19 heavy (non-hydrogen) atoms. The van der Waals surface area contributed by atoms with E-state index in [-0.39, 0.29) is 12.1 Å². The van der Waals surface area contributed by atoms with Crippen LogP contribution in [0, 0.1) is 5.92 Å². The van der Waals surface area contributed by atoms with Crippen LogP contribution in [0.1, 0.15) is 20.3 Å². The number of benzene rings is 1. The van der Waals surface area contributed by atoms with Gasteiger partial charge in [-0.25, -0.2) is 4.39 Å². The number of hydrogen-bond acceptors (Lipinski definition) is 1. The summed E-state index contributed by atoms with van der Waals surface area (Å²) in [4.78, 5) is 11.7. The van der Waals surface area contributed by atoms with E-state index in [1.807, 2.05) is 5.32 Å². The van der Waals surface area contributed by atoms with E-state index in [9.17, 15) is 22.4 Å². The number of rotatable bonds is 4. The van der Waals surface area contributed by atoms with E-state index in [1.54, 1.807) is 6.07 Å². The maximum Gasteiger partial charge on any atom is 0.431 e. The van der Waals surface area contributed by atoms with Gasteiger partial charge in [-0.15, -0.1) is 0 Å². The van der Waals surface area contributed by atoms with Crippen LogP contribution in [0.25, 0.3) is 0 Å². The summed E-state index contributed by atoms with van der Waals surface area (Å²) in [6, 6.07) is 7.49. The summed E-state index contributed by atoms with van der Waals surface area (Å²) in [6.07, 6.45) is -5.35. The Balaban J connectivity index is 3.03. The van der Waals surface area contributed by atoms with Crippen LogP contribution in [0.5, 0.6) is 0 Å². The zero-order valence-corrected chi connectivity index (χ0v) is 10.6. The average Bonchev–Trinajstić information content (AvgIpc) is 2.36. The molecule has 0 spiro atoms. The zero-order chi connectivity index (χ0) is 14.7. The molecule has 6 heteroatoms. The Morgan fingerprint density at radius 1 is 1.21 bits per heavy atom. The highest BCUT2D eigenvalue weighted by atomic mass is 19.4. The molecule has 0 aliphatic carbocycles. The molecule has 106 valence electrons. The molecule has 0 aromatic heterocycles. The van der Waals surface area contributed by atoms with Crippen LogP contribution in [-0.4, -0.2) is 17.8 Å². The lowest BCUT2D eigenvalue weighted by Crippen LogP contribution is -2.55.